The molecule has 0 saturated heterocycles. The summed E-state index contributed by atoms with van der Waals surface area (Å²) in [5.74, 6) is -0.174. The summed E-state index contributed by atoms with van der Waals surface area (Å²) < 4.78 is 11.8. The molecule has 9 heteroatoms. The number of thiazole rings is 1. The van der Waals surface area contributed by atoms with E-state index in [4.69, 9.17) is 14.5 Å². The zero-order valence-electron chi connectivity index (χ0n) is 12.9. The smallest absolute Gasteiger partial charge is 0.160 e. The second-order valence-electron chi connectivity index (χ2n) is 3.96. The zero-order valence-corrected chi connectivity index (χ0v) is 18.7. The lowest BCUT2D eigenvalue weighted by molar-refractivity contribution is -0.0429. The van der Waals surface area contributed by atoms with Crippen LogP contribution in [-0.4, -0.2) is 34.6 Å². The van der Waals surface area contributed by atoms with E-state index in [0.29, 0.717) is 9.52 Å². The fraction of sp³-hybridized carbons (Fsp3) is 0.462. The molecule has 22 heavy (non-hydrogen) atoms. The van der Waals surface area contributed by atoms with E-state index >= 15 is 0 Å². The Morgan fingerprint density at radius 2 is 1.77 bits per heavy atom. The molecule has 0 unspecified atom stereocenters. The molecule has 0 aliphatic heterocycles. The quantitative estimate of drug-likeness (QED) is 0.537. The highest BCUT2D eigenvalue weighted by Crippen LogP contribution is 2.21. The molecule has 0 spiro atoms. The van der Waals surface area contributed by atoms with Crippen LogP contribution in [-0.2, 0) is 15.9 Å². The van der Waals surface area contributed by atoms with Gasteiger partial charge in [0.15, 0.2) is 9.52 Å². The molecule has 2 radical (unpaired) electrons. The Labute approximate surface area is 167 Å². The van der Waals surface area contributed by atoms with Crippen molar-refractivity contribution in [1.82, 2.24) is 4.98 Å². The summed E-state index contributed by atoms with van der Waals surface area (Å²) >= 11 is 1.79. The number of nitrogens with zero attached hydrogens (tertiary/aromatic N) is 1. The summed E-state index contributed by atoms with van der Waals surface area (Å²) in [6, 6.07) is 6.33. The van der Waals surface area contributed by atoms with E-state index in [1.54, 1.807) is 25.6 Å². The van der Waals surface area contributed by atoms with Gasteiger partial charge in [-0.3, -0.25) is 0 Å². The van der Waals surface area contributed by atoms with E-state index < -0.39 is 0 Å². The van der Waals surface area contributed by atoms with Crippen molar-refractivity contribution >= 4 is 90.2 Å². The predicted molar refractivity (Wildman–Crippen MR) is 118 cm³/mol. The number of aryl methyl sites for hydroxylation is 1. The van der Waals surface area contributed by atoms with Gasteiger partial charge < -0.3 is 9.47 Å². The van der Waals surface area contributed by atoms with Crippen molar-refractivity contribution in [3.63, 3.8) is 0 Å². The van der Waals surface area contributed by atoms with Crippen molar-refractivity contribution < 1.29 is 9.47 Å². The molecule has 0 saturated carbocycles. The van der Waals surface area contributed by atoms with Gasteiger partial charge in [-0.1, -0.05) is 19.1 Å². The molecular weight excluding hydrogens is 391 g/mol. The summed E-state index contributed by atoms with van der Waals surface area (Å²) in [6.07, 6.45) is 2.19. The van der Waals surface area contributed by atoms with Crippen molar-refractivity contribution in [1.29, 1.82) is 0 Å². The average molecular weight is 416 g/mol. The largest absolute Gasteiger partial charge is 0.360 e. The van der Waals surface area contributed by atoms with Crippen LogP contribution in [0.5, 0.6) is 0 Å². The predicted octanol–water partition coefficient (Wildman–Crippen LogP) is 2.61. The van der Waals surface area contributed by atoms with E-state index in [0.717, 1.165) is 18.4 Å². The number of ether oxygens (including phenoxy) is 2. The molecule has 2 rings (SSSR count). The second-order valence-corrected chi connectivity index (χ2v) is 6.37. The molecule has 128 valence electrons. The molecule has 0 fully saturated rings. The monoisotopic (exact) mass is 415 g/mol. The van der Waals surface area contributed by atoms with Crippen LogP contribution in [0.15, 0.2) is 18.2 Å². The van der Waals surface area contributed by atoms with E-state index in [1.165, 1.54) is 14.9 Å². The van der Waals surface area contributed by atoms with Crippen molar-refractivity contribution in [2.45, 2.75) is 25.7 Å². The first kappa shape index (κ1) is 27.5. The van der Waals surface area contributed by atoms with Crippen LogP contribution in [0.1, 0.15) is 18.4 Å². The molecule has 1 aromatic heterocycles. The lowest BCUT2D eigenvalue weighted by Crippen LogP contribution is -2.31. The van der Waals surface area contributed by atoms with E-state index in [-0.39, 0.29) is 59.9 Å². The first-order valence-electron chi connectivity index (χ1n) is 5.99. The minimum Gasteiger partial charge on any atom is -0.360 e. The van der Waals surface area contributed by atoms with Crippen LogP contribution in [0.25, 0.3) is 10.2 Å². The summed E-state index contributed by atoms with van der Waals surface area (Å²) in [7, 11) is 3.81. The fourth-order valence-corrected chi connectivity index (χ4v) is 3.97. The summed E-state index contributed by atoms with van der Waals surface area (Å²) in [5, 5.41) is 2.44. The van der Waals surface area contributed by atoms with Crippen molar-refractivity contribution in [2.75, 3.05) is 14.2 Å². The van der Waals surface area contributed by atoms with Crippen LogP contribution in [0.2, 0.25) is 0 Å². The number of rotatable bonds is 6. The van der Waals surface area contributed by atoms with Crippen LogP contribution >= 0.6 is 65.3 Å². The Balaban J connectivity index is -0.000000902. The van der Waals surface area contributed by atoms with Gasteiger partial charge in [-0.25, -0.2) is 4.98 Å². The fourth-order valence-electron chi connectivity index (χ4n) is 1.77. The molecule has 0 bridgehead atoms. The van der Waals surface area contributed by atoms with Gasteiger partial charge in [0.05, 0.1) is 15.2 Å². The maximum absolute atomic E-state index is 5.27. The molecule has 0 atom stereocenters. The highest BCUT2D eigenvalue weighted by molar-refractivity contribution is 7.59. The Morgan fingerprint density at radius 3 is 2.32 bits per heavy atom. The maximum Gasteiger partial charge on any atom is 0.160 e. The summed E-state index contributed by atoms with van der Waals surface area (Å²) in [4.78, 5) is 4.74. The minimum atomic E-state index is -0.174. The highest BCUT2D eigenvalue weighted by Gasteiger charge is 2.13. The van der Waals surface area contributed by atoms with Crippen LogP contribution in [0.3, 0.4) is 0 Å². The zero-order chi connectivity index (χ0) is 13.0. The number of benzene rings is 1. The van der Waals surface area contributed by atoms with Crippen LogP contribution in [0, 0.1) is 0 Å². The van der Waals surface area contributed by atoms with Crippen LogP contribution < -0.4 is 5.19 Å². The summed E-state index contributed by atoms with van der Waals surface area (Å²) in [6.45, 7) is 2.18. The third kappa shape index (κ3) is 7.04. The average Bonchev–Trinajstić information content (AvgIpc) is 2.79. The molecule has 1 heterocycles. The van der Waals surface area contributed by atoms with Crippen molar-refractivity contribution in [2.24, 2.45) is 0 Å². The van der Waals surface area contributed by atoms with Gasteiger partial charge in [-0.15, -0.1) is 11.3 Å². The molecule has 1 aromatic carbocycles. The number of fused-ring (bicyclic) bond motifs is 1. The first-order valence-corrected chi connectivity index (χ1v) is 7.88. The van der Waals surface area contributed by atoms with Gasteiger partial charge in [0.2, 0.25) is 0 Å². The Bertz CT molecular complexity index is 522. The van der Waals surface area contributed by atoms with Crippen molar-refractivity contribution in [3.8, 4) is 0 Å². The van der Waals surface area contributed by atoms with E-state index in [9.17, 15) is 0 Å². The molecule has 0 N–H and O–H groups in total. The number of para-hydroxylation sites is 1. The lowest BCUT2D eigenvalue weighted by atomic mass is 10.3. The molecule has 3 nitrogen and oxygen atoms in total. The third-order valence-electron chi connectivity index (χ3n) is 2.63. The lowest BCUT2D eigenvalue weighted by Gasteiger charge is -2.12. The molecule has 0 aliphatic carbocycles. The number of hydrogen-bond acceptors (Lipinski definition) is 4. The van der Waals surface area contributed by atoms with Gasteiger partial charge in [-0.05, 0) is 24.1 Å². The van der Waals surface area contributed by atoms with Gasteiger partial charge in [-0.2, -0.15) is 54.0 Å². The molecule has 2 aromatic rings. The molecular formula is C13H25NO2S5Si. The van der Waals surface area contributed by atoms with E-state index in [2.05, 4.69) is 25.1 Å². The number of hydrogen-bond donors (Lipinski definition) is 0. The van der Waals surface area contributed by atoms with Crippen LogP contribution in [0.4, 0.5) is 0 Å². The molecule has 0 amide bonds. The second kappa shape index (κ2) is 14.0. The van der Waals surface area contributed by atoms with Gasteiger partial charge >= 0.3 is 0 Å². The van der Waals surface area contributed by atoms with E-state index in [1.807, 2.05) is 0 Å². The Morgan fingerprint density at radius 1 is 1.14 bits per heavy atom. The summed E-state index contributed by atoms with van der Waals surface area (Å²) in [5.41, 5.74) is 1.11. The number of methoxy groups -OCH3 is 2. The van der Waals surface area contributed by atoms with Crippen molar-refractivity contribution in [3.05, 3.63) is 23.2 Å². The maximum atomic E-state index is 5.27. The normalized spacial score (nSPS) is 9.45. The SMILES string of the molecule is CCCc1nc2c([Si]C(OC)OC)cccc2s1.S.S.S.S. The van der Waals surface area contributed by atoms with Gasteiger partial charge in [0.25, 0.3) is 0 Å². The first-order chi connectivity index (χ1) is 8.78. The Kier molecular flexibility index (Phi) is 17.5. The third-order valence-corrected chi connectivity index (χ3v) is 5.13. The standard InChI is InChI=1S/C13H17NO2SSi.4H2S/c1-4-6-11-14-12-9(17-11)7-5-8-10(12)18-13(15-2)16-3;;;;/h5,7-8,13H,4,6H2,1-3H3;4*1H2. The Hall–Kier alpha value is 0.647. The number of aromatic nitrogens is 1. The topological polar surface area (TPSA) is 31.4 Å². The highest BCUT2D eigenvalue weighted by atomic mass is 32.1. The molecule has 0 aliphatic rings. The van der Waals surface area contributed by atoms with Gasteiger partial charge in [0, 0.05) is 14.2 Å². The minimum absolute atomic E-state index is 0. The van der Waals surface area contributed by atoms with Gasteiger partial charge in [0.1, 0.15) is 5.91 Å².